The van der Waals surface area contributed by atoms with E-state index in [9.17, 15) is 23.3 Å². The van der Waals surface area contributed by atoms with Gasteiger partial charge in [0.2, 0.25) is 15.9 Å². The third-order valence-corrected chi connectivity index (χ3v) is 5.93. The minimum absolute atomic E-state index is 0.0661. The lowest BCUT2D eigenvalue weighted by Gasteiger charge is -2.26. The molecule has 0 N–H and O–H groups in total. The maximum atomic E-state index is 12.7. The standard InChI is InChI=1S/C15H22N4O6S/c1-16(2)15(20)11-17(3)13-5-4-12(10-14(13)19(21)22)26(23,24)18-6-8-25-9-7-18/h4-5,10H,6-9,11H2,1-3H3. The second-order valence-corrected chi connectivity index (χ2v) is 8.01. The van der Waals surface area contributed by atoms with Crippen LogP contribution in [0.3, 0.4) is 0 Å². The number of hydrogen-bond donors (Lipinski definition) is 0. The molecular weight excluding hydrogens is 364 g/mol. The van der Waals surface area contributed by atoms with Crippen molar-refractivity contribution in [1.29, 1.82) is 0 Å². The van der Waals surface area contributed by atoms with E-state index < -0.39 is 14.9 Å². The molecule has 11 heteroatoms. The van der Waals surface area contributed by atoms with E-state index in [1.807, 2.05) is 0 Å². The average molecular weight is 386 g/mol. The molecule has 10 nitrogen and oxygen atoms in total. The number of likely N-dealkylation sites (N-methyl/N-ethyl adjacent to an activating group) is 2. The molecule has 1 aromatic carbocycles. The first-order valence-corrected chi connectivity index (χ1v) is 9.36. The fourth-order valence-electron chi connectivity index (χ4n) is 2.50. The number of morpholine rings is 1. The Hall–Kier alpha value is -2.24. The van der Waals surface area contributed by atoms with E-state index in [0.29, 0.717) is 0 Å². The Labute approximate surface area is 152 Å². The molecule has 1 aromatic rings. The average Bonchev–Trinajstić information content (AvgIpc) is 2.61. The van der Waals surface area contributed by atoms with Crippen LogP contribution in [-0.2, 0) is 19.6 Å². The molecular formula is C15H22N4O6S. The van der Waals surface area contributed by atoms with E-state index >= 15 is 0 Å². The largest absolute Gasteiger partial charge is 0.379 e. The molecule has 1 aliphatic heterocycles. The molecule has 26 heavy (non-hydrogen) atoms. The Morgan fingerprint density at radius 3 is 2.42 bits per heavy atom. The topological polar surface area (TPSA) is 113 Å². The summed E-state index contributed by atoms with van der Waals surface area (Å²) < 4.78 is 31.8. The van der Waals surface area contributed by atoms with E-state index in [1.165, 1.54) is 26.2 Å². The summed E-state index contributed by atoms with van der Waals surface area (Å²) in [5.74, 6) is -0.230. The van der Waals surface area contributed by atoms with Gasteiger partial charge in [0, 0.05) is 40.3 Å². The van der Waals surface area contributed by atoms with E-state index in [-0.39, 0.29) is 55.0 Å². The SMILES string of the molecule is CN(C)C(=O)CN(C)c1ccc(S(=O)(=O)N2CCOCC2)cc1[N+](=O)[O-]. The zero-order valence-electron chi connectivity index (χ0n) is 14.9. The predicted octanol–water partition coefficient (Wildman–Crippen LogP) is 0.140. The van der Waals surface area contributed by atoms with Crippen LogP contribution >= 0.6 is 0 Å². The van der Waals surface area contributed by atoms with Gasteiger partial charge in [-0.3, -0.25) is 14.9 Å². The lowest BCUT2D eigenvalue weighted by atomic mass is 10.2. The maximum Gasteiger partial charge on any atom is 0.293 e. The lowest BCUT2D eigenvalue weighted by Crippen LogP contribution is -2.40. The molecule has 0 spiro atoms. The number of hydrogen-bond acceptors (Lipinski definition) is 7. The van der Waals surface area contributed by atoms with Gasteiger partial charge in [0.1, 0.15) is 5.69 Å². The molecule has 144 valence electrons. The van der Waals surface area contributed by atoms with Gasteiger partial charge in [-0.2, -0.15) is 4.31 Å². The van der Waals surface area contributed by atoms with Gasteiger partial charge in [0.05, 0.1) is 29.6 Å². The van der Waals surface area contributed by atoms with Gasteiger partial charge in [-0.25, -0.2) is 8.42 Å². The Kier molecular flexibility index (Phi) is 6.16. The fourth-order valence-corrected chi connectivity index (χ4v) is 3.93. The number of ether oxygens (including phenoxy) is 1. The summed E-state index contributed by atoms with van der Waals surface area (Å²) in [6.45, 7) is 0.914. The first kappa shape index (κ1) is 20.1. The molecule has 0 atom stereocenters. The van der Waals surface area contributed by atoms with Gasteiger partial charge in [-0.1, -0.05) is 0 Å². The van der Waals surface area contributed by atoms with Crippen molar-refractivity contribution >= 4 is 27.3 Å². The summed E-state index contributed by atoms with van der Waals surface area (Å²) >= 11 is 0. The van der Waals surface area contributed by atoms with Crippen molar-refractivity contribution in [2.75, 3.05) is 58.9 Å². The highest BCUT2D eigenvalue weighted by Crippen LogP contribution is 2.31. The third kappa shape index (κ3) is 4.29. The fraction of sp³-hybridized carbons (Fsp3) is 0.533. The molecule has 0 unspecified atom stereocenters. The van der Waals surface area contributed by atoms with Gasteiger partial charge < -0.3 is 14.5 Å². The molecule has 2 rings (SSSR count). The number of nitro groups is 1. The molecule has 1 amide bonds. The quantitative estimate of drug-likeness (QED) is 0.505. The van der Waals surface area contributed by atoms with Gasteiger partial charge in [-0.15, -0.1) is 0 Å². The molecule has 0 radical (unpaired) electrons. The van der Waals surface area contributed by atoms with Gasteiger partial charge in [0.25, 0.3) is 5.69 Å². The minimum Gasteiger partial charge on any atom is -0.379 e. The monoisotopic (exact) mass is 386 g/mol. The van der Waals surface area contributed by atoms with Crippen molar-refractivity contribution in [3.63, 3.8) is 0 Å². The van der Waals surface area contributed by atoms with Crippen molar-refractivity contribution in [2.24, 2.45) is 0 Å². The highest BCUT2D eigenvalue weighted by atomic mass is 32.2. The predicted molar refractivity (Wildman–Crippen MR) is 94.6 cm³/mol. The molecule has 1 saturated heterocycles. The molecule has 0 bridgehead atoms. The molecule has 1 fully saturated rings. The number of sulfonamides is 1. The van der Waals surface area contributed by atoms with Crippen LogP contribution in [0.15, 0.2) is 23.1 Å². The summed E-state index contributed by atoms with van der Waals surface area (Å²) in [5.41, 5.74) is -0.195. The van der Waals surface area contributed by atoms with Crippen molar-refractivity contribution in [3.8, 4) is 0 Å². The van der Waals surface area contributed by atoms with Crippen molar-refractivity contribution in [1.82, 2.24) is 9.21 Å². The lowest BCUT2D eigenvalue weighted by molar-refractivity contribution is -0.384. The molecule has 1 heterocycles. The smallest absolute Gasteiger partial charge is 0.293 e. The Morgan fingerprint density at radius 2 is 1.88 bits per heavy atom. The highest BCUT2D eigenvalue weighted by Gasteiger charge is 2.29. The van der Waals surface area contributed by atoms with E-state index in [1.54, 1.807) is 21.1 Å². The van der Waals surface area contributed by atoms with Gasteiger partial charge in [-0.05, 0) is 12.1 Å². The summed E-state index contributed by atoms with van der Waals surface area (Å²) in [7, 11) is 0.872. The van der Waals surface area contributed by atoms with Crippen molar-refractivity contribution in [3.05, 3.63) is 28.3 Å². The number of carbonyl (C=O) groups is 1. The summed E-state index contributed by atoms with van der Waals surface area (Å²) in [6.07, 6.45) is 0. The van der Waals surface area contributed by atoms with E-state index in [2.05, 4.69) is 0 Å². The number of benzene rings is 1. The van der Waals surface area contributed by atoms with E-state index in [4.69, 9.17) is 4.74 Å². The maximum absolute atomic E-state index is 12.7. The van der Waals surface area contributed by atoms with Crippen molar-refractivity contribution in [2.45, 2.75) is 4.90 Å². The number of nitro benzene ring substituents is 1. The van der Waals surface area contributed by atoms with Gasteiger partial charge in [0.15, 0.2) is 0 Å². The van der Waals surface area contributed by atoms with Crippen LogP contribution in [0.5, 0.6) is 0 Å². The Morgan fingerprint density at radius 1 is 1.27 bits per heavy atom. The van der Waals surface area contributed by atoms with Gasteiger partial charge >= 0.3 is 0 Å². The van der Waals surface area contributed by atoms with Crippen LogP contribution in [0.2, 0.25) is 0 Å². The second kappa shape index (κ2) is 7.98. The third-order valence-electron chi connectivity index (χ3n) is 4.03. The first-order chi connectivity index (χ1) is 12.1. The zero-order valence-corrected chi connectivity index (χ0v) is 15.7. The number of carbonyl (C=O) groups excluding carboxylic acids is 1. The van der Waals surface area contributed by atoms with Crippen LogP contribution in [0.4, 0.5) is 11.4 Å². The van der Waals surface area contributed by atoms with Crippen LogP contribution in [0.25, 0.3) is 0 Å². The normalized spacial score (nSPS) is 15.5. The van der Waals surface area contributed by atoms with Crippen molar-refractivity contribution < 1.29 is 22.9 Å². The van der Waals surface area contributed by atoms with Crippen LogP contribution in [0, 0.1) is 10.1 Å². The van der Waals surface area contributed by atoms with E-state index in [0.717, 1.165) is 6.07 Å². The summed E-state index contributed by atoms with van der Waals surface area (Å²) in [4.78, 5) is 25.3. The van der Waals surface area contributed by atoms with Crippen LogP contribution in [0.1, 0.15) is 0 Å². The number of amides is 1. The molecule has 0 saturated carbocycles. The van der Waals surface area contributed by atoms with Crippen LogP contribution in [-0.4, -0.2) is 82.4 Å². The zero-order chi connectivity index (χ0) is 19.5. The first-order valence-electron chi connectivity index (χ1n) is 7.92. The Balaban J connectivity index is 2.36. The Bertz CT molecular complexity index is 789. The molecule has 0 aliphatic carbocycles. The molecule has 1 aliphatic rings. The number of rotatable bonds is 6. The number of nitrogens with zero attached hydrogens (tertiary/aromatic N) is 4. The number of anilines is 1. The summed E-state index contributed by atoms with van der Waals surface area (Å²) in [6, 6.07) is 3.72. The highest BCUT2D eigenvalue weighted by molar-refractivity contribution is 7.89. The molecule has 0 aromatic heterocycles. The summed E-state index contributed by atoms with van der Waals surface area (Å²) in [5, 5.41) is 11.5. The second-order valence-electron chi connectivity index (χ2n) is 6.07. The van der Waals surface area contributed by atoms with Crippen LogP contribution < -0.4 is 4.90 Å². The minimum atomic E-state index is -3.84.